The minimum Gasteiger partial charge on any atom is -0.455 e. The fourth-order valence-electron chi connectivity index (χ4n) is 9.24. The van der Waals surface area contributed by atoms with E-state index in [0.29, 0.717) is 0 Å². The Kier molecular flexibility index (Phi) is 6.66. The molecule has 0 spiro atoms. The maximum atomic E-state index is 6.90. The Morgan fingerprint density at radius 2 is 0.714 bits per heavy atom. The van der Waals surface area contributed by atoms with E-state index in [2.05, 4.69) is 182 Å². The number of hydrogen-bond acceptors (Lipinski definition) is 2. The van der Waals surface area contributed by atoms with Crippen LogP contribution in [0.1, 0.15) is 0 Å². The maximum absolute atomic E-state index is 6.90. The fraction of sp³-hybridized carbons (Fsp3) is 0. The predicted octanol–water partition coefficient (Wildman–Crippen LogP) is 15.6. The Morgan fingerprint density at radius 1 is 0.268 bits per heavy atom. The van der Waals surface area contributed by atoms with Crippen LogP contribution in [-0.4, -0.2) is 0 Å². The van der Waals surface area contributed by atoms with Gasteiger partial charge in [-0.1, -0.05) is 170 Å². The van der Waals surface area contributed by atoms with Crippen LogP contribution in [0.3, 0.4) is 0 Å². The normalized spacial score (nSPS) is 11.9. The summed E-state index contributed by atoms with van der Waals surface area (Å²) >= 11 is 0. The van der Waals surface area contributed by atoms with Gasteiger partial charge in [0.1, 0.15) is 22.3 Å². The summed E-state index contributed by atoms with van der Waals surface area (Å²) in [6.07, 6.45) is 0. The largest absolute Gasteiger partial charge is 0.455 e. The highest BCUT2D eigenvalue weighted by atomic mass is 16.3. The Morgan fingerprint density at radius 3 is 1.43 bits per heavy atom. The maximum Gasteiger partial charge on any atom is 0.143 e. The van der Waals surface area contributed by atoms with Gasteiger partial charge in [0.05, 0.1) is 0 Å². The standard InChI is InChI=1S/C54H32O2/c1-2-18-36-33(14-1)15-12-26-40(36)50-41-20-3-5-22-43(41)51(44-23-6-4-21-42(44)50)47-31-30-38(54-52(47)46-24-8-10-29-49(46)56-54)35-17-11-16-34(32-35)37-25-13-27-45-39-19-7-9-28-48(39)55-53(37)45/h1-32H. The molecule has 2 aromatic heterocycles. The molecule has 0 amide bonds. The lowest BCUT2D eigenvalue weighted by molar-refractivity contribution is 0.670. The molecular weight excluding hydrogens is 681 g/mol. The van der Waals surface area contributed by atoms with Gasteiger partial charge in [-0.2, -0.15) is 0 Å². The van der Waals surface area contributed by atoms with Crippen LogP contribution in [0.5, 0.6) is 0 Å². The van der Waals surface area contributed by atoms with E-state index < -0.39 is 0 Å². The zero-order chi connectivity index (χ0) is 36.7. The van der Waals surface area contributed by atoms with Crippen LogP contribution in [0, 0.1) is 0 Å². The highest BCUT2D eigenvalue weighted by Crippen LogP contribution is 2.49. The molecule has 0 aliphatic rings. The highest BCUT2D eigenvalue weighted by molar-refractivity contribution is 6.27. The van der Waals surface area contributed by atoms with Crippen molar-refractivity contribution in [3.8, 4) is 44.5 Å². The second-order valence-electron chi connectivity index (χ2n) is 14.7. The van der Waals surface area contributed by atoms with E-state index in [4.69, 9.17) is 8.83 Å². The summed E-state index contributed by atoms with van der Waals surface area (Å²) in [4.78, 5) is 0. The lowest BCUT2D eigenvalue weighted by atomic mass is 9.83. The fourth-order valence-corrected chi connectivity index (χ4v) is 9.24. The summed E-state index contributed by atoms with van der Waals surface area (Å²) in [5.74, 6) is 0. The third-order valence-electron chi connectivity index (χ3n) is 11.7. The van der Waals surface area contributed by atoms with Gasteiger partial charge in [0, 0.05) is 32.7 Å². The number of fused-ring (bicyclic) bond motifs is 9. The van der Waals surface area contributed by atoms with Crippen molar-refractivity contribution in [2.45, 2.75) is 0 Å². The van der Waals surface area contributed by atoms with Crippen molar-refractivity contribution in [3.05, 3.63) is 194 Å². The molecule has 0 aliphatic heterocycles. The topological polar surface area (TPSA) is 26.3 Å². The number of furan rings is 2. The Labute approximate surface area is 322 Å². The first-order chi connectivity index (χ1) is 27.8. The average molecular weight is 713 g/mol. The number of rotatable bonds is 4. The van der Waals surface area contributed by atoms with E-state index in [0.717, 1.165) is 71.7 Å². The van der Waals surface area contributed by atoms with E-state index in [1.807, 2.05) is 12.1 Å². The molecule has 2 heterocycles. The van der Waals surface area contributed by atoms with Crippen molar-refractivity contribution in [1.82, 2.24) is 0 Å². The summed E-state index contributed by atoms with van der Waals surface area (Å²) in [5, 5.41) is 11.9. The van der Waals surface area contributed by atoms with Gasteiger partial charge in [0.2, 0.25) is 0 Å². The molecule has 0 aliphatic carbocycles. The molecule has 0 saturated carbocycles. The van der Waals surface area contributed by atoms with Crippen LogP contribution < -0.4 is 0 Å². The van der Waals surface area contributed by atoms with Crippen LogP contribution in [0.25, 0.3) is 121 Å². The van der Waals surface area contributed by atoms with Crippen LogP contribution in [-0.2, 0) is 0 Å². The molecule has 56 heavy (non-hydrogen) atoms. The molecule has 0 saturated heterocycles. The van der Waals surface area contributed by atoms with Crippen molar-refractivity contribution < 1.29 is 8.83 Å². The Hall–Kier alpha value is -7.42. The first-order valence-electron chi connectivity index (χ1n) is 19.2. The van der Waals surface area contributed by atoms with Crippen LogP contribution in [0.15, 0.2) is 203 Å². The van der Waals surface area contributed by atoms with Gasteiger partial charge in [-0.3, -0.25) is 0 Å². The van der Waals surface area contributed by atoms with Gasteiger partial charge in [-0.15, -0.1) is 0 Å². The predicted molar refractivity (Wildman–Crippen MR) is 235 cm³/mol. The van der Waals surface area contributed by atoms with Gasteiger partial charge < -0.3 is 8.83 Å². The summed E-state index contributed by atoms with van der Waals surface area (Å²) in [7, 11) is 0. The molecule has 10 aromatic carbocycles. The van der Waals surface area contributed by atoms with Crippen LogP contribution in [0.4, 0.5) is 0 Å². The third-order valence-corrected chi connectivity index (χ3v) is 11.7. The summed E-state index contributed by atoms with van der Waals surface area (Å²) in [5.41, 5.74) is 12.8. The van der Waals surface area contributed by atoms with Crippen molar-refractivity contribution in [3.63, 3.8) is 0 Å². The van der Waals surface area contributed by atoms with Gasteiger partial charge in [-0.05, 0) is 90.0 Å². The van der Waals surface area contributed by atoms with Crippen molar-refractivity contribution >= 4 is 76.2 Å². The van der Waals surface area contributed by atoms with E-state index in [1.165, 1.54) is 49.0 Å². The minimum atomic E-state index is 0.875. The minimum absolute atomic E-state index is 0.875. The summed E-state index contributed by atoms with van der Waals surface area (Å²) < 4.78 is 13.4. The highest BCUT2D eigenvalue weighted by Gasteiger charge is 2.23. The number of para-hydroxylation sites is 3. The van der Waals surface area contributed by atoms with Gasteiger partial charge in [0.15, 0.2) is 0 Å². The molecule has 12 aromatic rings. The van der Waals surface area contributed by atoms with E-state index in [1.54, 1.807) is 0 Å². The molecule has 0 bridgehead atoms. The molecule has 0 unspecified atom stereocenters. The molecule has 2 heteroatoms. The monoisotopic (exact) mass is 712 g/mol. The van der Waals surface area contributed by atoms with Gasteiger partial charge in [-0.25, -0.2) is 0 Å². The van der Waals surface area contributed by atoms with Gasteiger partial charge >= 0.3 is 0 Å². The molecule has 0 radical (unpaired) electrons. The molecule has 260 valence electrons. The third kappa shape index (κ3) is 4.50. The SMILES string of the molecule is c1cc(-c2cccc3c2oc2ccccc23)cc(-c2ccc(-c3c4ccccc4c(-c4cccc5ccccc45)c4ccccc34)c3c2oc2ccccc23)c1. The van der Waals surface area contributed by atoms with E-state index in [-0.39, 0.29) is 0 Å². The molecule has 0 atom stereocenters. The second kappa shape index (κ2) is 12.0. The quantitative estimate of drug-likeness (QED) is 0.170. The second-order valence-corrected chi connectivity index (χ2v) is 14.7. The number of hydrogen-bond donors (Lipinski definition) is 0. The summed E-state index contributed by atoms with van der Waals surface area (Å²) in [6.45, 7) is 0. The average Bonchev–Trinajstić information content (AvgIpc) is 3.85. The molecular formula is C54H32O2. The Bertz CT molecular complexity index is 3480. The van der Waals surface area contributed by atoms with Crippen LogP contribution >= 0.6 is 0 Å². The molecule has 0 N–H and O–H groups in total. The zero-order valence-corrected chi connectivity index (χ0v) is 30.3. The first-order valence-corrected chi connectivity index (χ1v) is 19.2. The van der Waals surface area contributed by atoms with Crippen LogP contribution in [0.2, 0.25) is 0 Å². The lowest BCUT2D eigenvalue weighted by Gasteiger charge is -2.19. The van der Waals surface area contributed by atoms with Crippen molar-refractivity contribution in [1.29, 1.82) is 0 Å². The van der Waals surface area contributed by atoms with E-state index in [9.17, 15) is 0 Å². The van der Waals surface area contributed by atoms with Crippen molar-refractivity contribution in [2.75, 3.05) is 0 Å². The smallest absolute Gasteiger partial charge is 0.143 e. The van der Waals surface area contributed by atoms with E-state index >= 15 is 0 Å². The zero-order valence-electron chi connectivity index (χ0n) is 30.3. The van der Waals surface area contributed by atoms with Gasteiger partial charge in [0.25, 0.3) is 0 Å². The van der Waals surface area contributed by atoms with Crippen molar-refractivity contribution in [2.24, 2.45) is 0 Å². The lowest BCUT2D eigenvalue weighted by Crippen LogP contribution is -1.92. The number of benzene rings is 10. The Balaban J connectivity index is 1.12. The first kappa shape index (κ1) is 31.0. The molecule has 0 fully saturated rings. The molecule has 12 rings (SSSR count). The summed E-state index contributed by atoms with van der Waals surface area (Å²) in [6, 6.07) is 69.7. The molecule has 2 nitrogen and oxygen atoms in total.